The number of aliphatic hydroxyl groups is 1. The maximum atomic E-state index is 8.65. The molecule has 2 atom stereocenters. The monoisotopic (exact) mass is 132 g/mol. The van der Waals surface area contributed by atoms with Gasteiger partial charge in [0.15, 0.2) is 0 Å². The largest absolute Gasteiger partial charge is 0.396 e. The molecule has 0 fully saturated rings. The standard InChI is InChI=1S/C7H16O2/c1-4-9-7(3)6(2)5-8/h6-8H,4-5H2,1-3H3/t6-,7+/m0/s1. The summed E-state index contributed by atoms with van der Waals surface area (Å²) in [5.74, 6) is 0.255. The molecule has 9 heavy (non-hydrogen) atoms. The van der Waals surface area contributed by atoms with Crippen molar-refractivity contribution in [1.82, 2.24) is 0 Å². The van der Waals surface area contributed by atoms with Crippen molar-refractivity contribution in [3.63, 3.8) is 0 Å². The number of ether oxygens (including phenoxy) is 1. The molecule has 0 amide bonds. The minimum atomic E-state index is 0.181. The zero-order chi connectivity index (χ0) is 7.28. The predicted octanol–water partition coefficient (Wildman–Crippen LogP) is 1.04. The van der Waals surface area contributed by atoms with Gasteiger partial charge in [-0.2, -0.15) is 0 Å². The van der Waals surface area contributed by atoms with Crippen molar-refractivity contribution in [1.29, 1.82) is 0 Å². The van der Waals surface area contributed by atoms with Crippen LogP contribution in [0.2, 0.25) is 0 Å². The van der Waals surface area contributed by atoms with Crippen LogP contribution in [0.1, 0.15) is 20.8 Å². The van der Waals surface area contributed by atoms with Gasteiger partial charge in [-0.05, 0) is 13.8 Å². The molecule has 0 aromatic carbocycles. The van der Waals surface area contributed by atoms with Gasteiger partial charge in [0, 0.05) is 19.1 Å². The van der Waals surface area contributed by atoms with Crippen LogP contribution in [0.4, 0.5) is 0 Å². The lowest BCUT2D eigenvalue weighted by molar-refractivity contribution is 0.0189. The normalized spacial score (nSPS) is 17.3. The molecule has 0 aromatic heterocycles. The van der Waals surface area contributed by atoms with Crippen LogP contribution >= 0.6 is 0 Å². The van der Waals surface area contributed by atoms with Crippen molar-refractivity contribution < 1.29 is 9.84 Å². The lowest BCUT2D eigenvalue weighted by Crippen LogP contribution is -2.20. The average Bonchev–Trinajstić information content (AvgIpc) is 1.87. The molecule has 0 saturated heterocycles. The van der Waals surface area contributed by atoms with E-state index in [1.165, 1.54) is 0 Å². The maximum Gasteiger partial charge on any atom is 0.0594 e. The van der Waals surface area contributed by atoms with E-state index in [4.69, 9.17) is 9.84 Å². The van der Waals surface area contributed by atoms with E-state index >= 15 is 0 Å². The van der Waals surface area contributed by atoms with Crippen LogP contribution in [0.15, 0.2) is 0 Å². The molecular weight excluding hydrogens is 116 g/mol. The van der Waals surface area contributed by atoms with Crippen LogP contribution in [0.5, 0.6) is 0 Å². The van der Waals surface area contributed by atoms with Crippen LogP contribution in [0.3, 0.4) is 0 Å². The van der Waals surface area contributed by atoms with Gasteiger partial charge in [0.1, 0.15) is 0 Å². The Balaban J connectivity index is 3.32. The van der Waals surface area contributed by atoms with Gasteiger partial charge in [-0.15, -0.1) is 0 Å². The molecule has 0 aliphatic heterocycles. The number of hydrogen-bond acceptors (Lipinski definition) is 2. The molecule has 0 saturated carbocycles. The van der Waals surface area contributed by atoms with E-state index in [2.05, 4.69) is 0 Å². The lowest BCUT2D eigenvalue weighted by atomic mass is 10.1. The van der Waals surface area contributed by atoms with Crippen molar-refractivity contribution in [2.75, 3.05) is 13.2 Å². The highest BCUT2D eigenvalue weighted by Crippen LogP contribution is 2.04. The molecule has 0 spiro atoms. The zero-order valence-corrected chi connectivity index (χ0v) is 6.42. The van der Waals surface area contributed by atoms with Gasteiger partial charge in [-0.1, -0.05) is 6.92 Å². The third kappa shape index (κ3) is 3.49. The molecule has 0 bridgehead atoms. The molecule has 0 unspecified atom stereocenters. The Bertz CT molecular complexity index is 63.9. The number of hydrogen-bond donors (Lipinski definition) is 1. The second-order valence-corrected chi connectivity index (χ2v) is 2.32. The summed E-state index contributed by atoms with van der Waals surface area (Å²) in [6, 6.07) is 0. The van der Waals surface area contributed by atoms with Gasteiger partial charge < -0.3 is 9.84 Å². The Morgan fingerprint density at radius 3 is 2.33 bits per heavy atom. The fourth-order valence-corrected chi connectivity index (χ4v) is 0.576. The molecule has 56 valence electrons. The van der Waals surface area contributed by atoms with E-state index in [1.54, 1.807) is 0 Å². The molecule has 1 N–H and O–H groups in total. The van der Waals surface area contributed by atoms with Crippen molar-refractivity contribution in [3.8, 4) is 0 Å². The summed E-state index contributed by atoms with van der Waals surface area (Å²) in [5.41, 5.74) is 0. The zero-order valence-electron chi connectivity index (χ0n) is 6.42. The fraction of sp³-hybridized carbons (Fsp3) is 1.00. The van der Waals surface area contributed by atoms with Crippen molar-refractivity contribution in [2.45, 2.75) is 26.9 Å². The van der Waals surface area contributed by atoms with Crippen LogP contribution in [0.25, 0.3) is 0 Å². The molecule has 0 heterocycles. The summed E-state index contributed by atoms with van der Waals surface area (Å²) in [5, 5.41) is 8.65. The Morgan fingerprint density at radius 2 is 2.00 bits per heavy atom. The van der Waals surface area contributed by atoms with Gasteiger partial charge in [0.05, 0.1) is 6.10 Å². The van der Waals surface area contributed by atoms with E-state index < -0.39 is 0 Å². The fourth-order valence-electron chi connectivity index (χ4n) is 0.576. The Kier molecular flexibility index (Phi) is 4.72. The van der Waals surface area contributed by atoms with E-state index in [1.807, 2.05) is 20.8 Å². The van der Waals surface area contributed by atoms with E-state index in [0.29, 0.717) is 0 Å². The summed E-state index contributed by atoms with van der Waals surface area (Å²) < 4.78 is 5.23. The molecule has 0 aliphatic carbocycles. The molecule has 0 radical (unpaired) electrons. The highest BCUT2D eigenvalue weighted by molar-refractivity contribution is 4.57. The summed E-state index contributed by atoms with van der Waals surface area (Å²) in [4.78, 5) is 0. The average molecular weight is 132 g/mol. The van der Waals surface area contributed by atoms with Gasteiger partial charge in [-0.3, -0.25) is 0 Å². The highest BCUT2D eigenvalue weighted by atomic mass is 16.5. The minimum absolute atomic E-state index is 0.181. The van der Waals surface area contributed by atoms with Crippen LogP contribution in [-0.4, -0.2) is 24.4 Å². The smallest absolute Gasteiger partial charge is 0.0594 e. The topological polar surface area (TPSA) is 29.5 Å². The van der Waals surface area contributed by atoms with Crippen molar-refractivity contribution in [3.05, 3.63) is 0 Å². The Labute approximate surface area is 56.8 Å². The second kappa shape index (κ2) is 4.77. The van der Waals surface area contributed by atoms with E-state index in [-0.39, 0.29) is 18.6 Å². The molecule has 0 aromatic rings. The van der Waals surface area contributed by atoms with Crippen molar-refractivity contribution in [2.24, 2.45) is 5.92 Å². The van der Waals surface area contributed by atoms with Gasteiger partial charge >= 0.3 is 0 Å². The summed E-state index contributed by atoms with van der Waals surface area (Å²) in [7, 11) is 0. The highest BCUT2D eigenvalue weighted by Gasteiger charge is 2.09. The van der Waals surface area contributed by atoms with Gasteiger partial charge in [-0.25, -0.2) is 0 Å². The Morgan fingerprint density at radius 1 is 1.44 bits per heavy atom. The van der Waals surface area contributed by atoms with Crippen molar-refractivity contribution >= 4 is 0 Å². The molecular formula is C7H16O2. The summed E-state index contributed by atoms with van der Waals surface area (Å²) in [6.07, 6.45) is 0.181. The maximum absolute atomic E-state index is 8.65. The first-order valence-corrected chi connectivity index (χ1v) is 3.44. The van der Waals surface area contributed by atoms with Crippen LogP contribution in [0, 0.1) is 5.92 Å². The van der Waals surface area contributed by atoms with Crippen LogP contribution < -0.4 is 0 Å². The lowest BCUT2D eigenvalue weighted by Gasteiger charge is -2.16. The first-order chi connectivity index (χ1) is 4.22. The SMILES string of the molecule is CCO[C@H](C)[C@@H](C)CO. The first-order valence-electron chi connectivity index (χ1n) is 3.44. The molecule has 0 aliphatic rings. The number of rotatable bonds is 4. The van der Waals surface area contributed by atoms with Crippen LogP contribution in [-0.2, 0) is 4.74 Å². The molecule has 2 nitrogen and oxygen atoms in total. The van der Waals surface area contributed by atoms with Gasteiger partial charge in [0.25, 0.3) is 0 Å². The predicted molar refractivity (Wildman–Crippen MR) is 37.3 cm³/mol. The Hall–Kier alpha value is -0.0800. The molecule has 0 rings (SSSR count). The minimum Gasteiger partial charge on any atom is -0.396 e. The first kappa shape index (κ1) is 8.92. The third-order valence-electron chi connectivity index (χ3n) is 1.52. The third-order valence-corrected chi connectivity index (χ3v) is 1.52. The van der Waals surface area contributed by atoms with E-state index in [0.717, 1.165) is 6.61 Å². The molecule has 2 heteroatoms. The number of aliphatic hydroxyl groups excluding tert-OH is 1. The van der Waals surface area contributed by atoms with Gasteiger partial charge in [0.2, 0.25) is 0 Å². The van der Waals surface area contributed by atoms with E-state index in [9.17, 15) is 0 Å². The second-order valence-electron chi connectivity index (χ2n) is 2.32. The summed E-state index contributed by atoms with van der Waals surface area (Å²) >= 11 is 0. The summed E-state index contributed by atoms with van der Waals surface area (Å²) in [6.45, 7) is 6.85. The quantitative estimate of drug-likeness (QED) is 0.619.